The summed E-state index contributed by atoms with van der Waals surface area (Å²) in [6, 6.07) is 9.76. The molecule has 4 nitrogen and oxygen atoms in total. The number of anilines is 1. The number of carboxylic acids is 1. The Balaban J connectivity index is 2.64. The topological polar surface area (TPSA) is 72.5 Å². The first-order chi connectivity index (χ1) is 9.01. The molecule has 0 spiro atoms. The van der Waals surface area contributed by atoms with Crippen LogP contribution in [-0.2, 0) is 0 Å². The molecule has 0 radical (unpaired) electrons. The van der Waals surface area contributed by atoms with Crippen LogP contribution in [0.1, 0.15) is 10.4 Å². The fourth-order valence-electron chi connectivity index (χ4n) is 1.84. The van der Waals surface area contributed by atoms with E-state index in [1.165, 1.54) is 19.2 Å². The van der Waals surface area contributed by atoms with Crippen LogP contribution in [0.25, 0.3) is 11.1 Å². The van der Waals surface area contributed by atoms with E-state index < -0.39 is 5.97 Å². The highest BCUT2D eigenvalue weighted by Crippen LogP contribution is 2.34. The lowest BCUT2D eigenvalue weighted by Gasteiger charge is -2.10. The zero-order chi connectivity index (χ0) is 14.0. The molecule has 0 saturated heterocycles. The Hall–Kier alpha value is -2.20. The van der Waals surface area contributed by atoms with E-state index in [2.05, 4.69) is 0 Å². The first-order valence-electron chi connectivity index (χ1n) is 5.49. The average molecular weight is 278 g/mol. The number of carbonyl (C=O) groups is 1. The van der Waals surface area contributed by atoms with Crippen LogP contribution >= 0.6 is 11.6 Å². The van der Waals surface area contributed by atoms with E-state index in [0.717, 1.165) is 0 Å². The summed E-state index contributed by atoms with van der Waals surface area (Å²) in [5.74, 6) is -0.430. The summed E-state index contributed by atoms with van der Waals surface area (Å²) in [5.41, 5.74) is 7.57. The molecule has 0 aliphatic heterocycles. The van der Waals surface area contributed by atoms with Gasteiger partial charge in [0.2, 0.25) is 0 Å². The number of hydrogen-bond acceptors (Lipinski definition) is 3. The number of ether oxygens (including phenoxy) is 1. The lowest BCUT2D eigenvalue weighted by Crippen LogP contribution is -1.99. The molecule has 0 atom stereocenters. The van der Waals surface area contributed by atoms with Crippen molar-refractivity contribution >= 4 is 23.3 Å². The Kier molecular flexibility index (Phi) is 3.62. The standard InChI is InChI=1S/C14H12ClNO3/c1-19-13-3-2-10(15)7-12(13)8-4-9(14(17)18)6-11(16)5-8/h2-7H,16H2,1H3,(H,17,18). The molecule has 2 aromatic rings. The van der Waals surface area contributed by atoms with Gasteiger partial charge in [-0.05, 0) is 42.0 Å². The maximum absolute atomic E-state index is 11.0. The zero-order valence-electron chi connectivity index (χ0n) is 10.2. The highest BCUT2D eigenvalue weighted by molar-refractivity contribution is 6.31. The van der Waals surface area contributed by atoms with Crippen LogP contribution in [0.5, 0.6) is 5.75 Å². The smallest absolute Gasteiger partial charge is 0.335 e. The predicted octanol–water partition coefficient (Wildman–Crippen LogP) is 3.30. The SMILES string of the molecule is COc1ccc(Cl)cc1-c1cc(N)cc(C(=O)O)c1. The monoisotopic (exact) mass is 277 g/mol. The van der Waals surface area contributed by atoms with Crippen molar-refractivity contribution in [3.05, 3.63) is 47.0 Å². The Bertz CT molecular complexity index is 641. The zero-order valence-corrected chi connectivity index (χ0v) is 10.9. The number of halogens is 1. The number of methoxy groups -OCH3 is 1. The van der Waals surface area contributed by atoms with Crippen LogP contribution in [0, 0.1) is 0 Å². The van der Waals surface area contributed by atoms with Crippen molar-refractivity contribution in [2.75, 3.05) is 12.8 Å². The molecule has 19 heavy (non-hydrogen) atoms. The third-order valence-corrected chi connectivity index (χ3v) is 2.91. The molecule has 2 rings (SSSR count). The van der Waals surface area contributed by atoms with E-state index in [9.17, 15) is 4.79 Å². The number of nitrogen functional groups attached to an aromatic ring is 1. The second-order valence-corrected chi connectivity index (χ2v) is 4.43. The summed E-state index contributed by atoms with van der Waals surface area (Å²) in [4.78, 5) is 11.0. The summed E-state index contributed by atoms with van der Waals surface area (Å²) in [7, 11) is 1.54. The third kappa shape index (κ3) is 2.80. The van der Waals surface area contributed by atoms with Gasteiger partial charge in [0.05, 0.1) is 12.7 Å². The molecular weight excluding hydrogens is 266 g/mol. The van der Waals surface area contributed by atoms with Crippen molar-refractivity contribution in [2.24, 2.45) is 0 Å². The van der Waals surface area contributed by atoms with E-state index in [1.54, 1.807) is 24.3 Å². The maximum atomic E-state index is 11.0. The van der Waals surface area contributed by atoms with Crippen LogP contribution in [0.3, 0.4) is 0 Å². The molecule has 0 amide bonds. The van der Waals surface area contributed by atoms with E-state index in [4.69, 9.17) is 27.2 Å². The molecule has 0 heterocycles. The van der Waals surface area contributed by atoms with Crippen LogP contribution < -0.4 is 10.5 Å². The highest BCUT2D eigenvalue weighted by atomic mass is 35.5. The van der Waals surface area contributed by atoms with E-state index in [1.807, 2.05) is 0 Å². The minimum absolute atomic E-state index is 0.122. The third-order valence-electron chi connectivity index (χ3n) is 2.67. The van der Waals surface area contributed by atoms with Gasteiger partial charge < -0.3 is 15.6 Å². The van der Waals surface area contributed by atoms with Gasteiger partial charge in [0.15, 0.2) is 0 Å². The van der Waals surface area contributed by atoms with Gasteiger partial charge in [0, 0.05) is 16.3 Å². The molecule has 5 heteroatoms. The van der Waals surface area contributed by atoms with Gasteiger partial charge in [-0.15, -0.1) is 0 Å². The number of hydrogen-bond donors (Lipinski definition) is 2. The molecule has 0 aliphatic rings. The van der Waals surface area contributed by atoms with Crippen molar-refractivity contribution in [1.82, 2.24) is 0 Å². The van der Waals surface area contributed by atoms with Crippen molar-refractivity contribution in [3.8, 4) is 16.9 Å². The summed E-state index contributed by atoms with van der Waals surface area (Å²) < 4.78 is 5.25. The molecule has 3 N–H and O–H groups in total. The number of benzene rings is 2. The summed E-state index contributed by atoms with van der Waals surface area (Å²) in [6.07, 6.45) is 0. The van der Waals surface area contributed by atoms with Crippen LogP contribution in [0.4, 0.5) is 5.69 Å². The predicted molar refractivity (Wildman–Crippen MR) is 74.8 cm³/mol. The van der Waals surface area contributed by atoms with Gasteiger partial charge in [-0.1, -0.05) is 11.6 Å². The molecule has 98 valence electrons. The van der Waals surface area contributed by atoms with Crippen LogP contribution in [0.2, 0.25) is 5.02 Å². The van der Waals surface area contributed by atoms with E-state index in [0.29, 0.717) is 27.6 Å². The molecule has 0 saturated carbocycles. The van der Waals surface area contributed by atoms with Gasteiger partial charge >= 0.3 is 5.97 Å². The molecule has 0 aromatic heterocycles. The summed E-state index contributed by atoms with van der Waals surface area (Å²) >= 11 is 5.96. The lowest BCUT2D eigenvalue weighted by atomic mass is 10.0. The molecule has 2 aromatic carbocycles. The largest absolute Gasteiger partial charge is 0.496 e. The maximum Gasteiger partial charge on any atom is 0.335 e. The number of nitrogens with two attached hydrogens (primary N) is 1. The first kappa shape index (κ1) is 13.2. The Morgan fingerprint density at radius 3 is 2.63 bits per heavy atom. The minimum Gasteiger partial charge on any atom is -0.496 e. The van der Waals surface area contributed by atoms with Gasteiger partial charge in [-0.2, -0.15) is 0 Å². The molecule has 0 unspecified atom stereocenters. The van der Waals surface area contributed by atoms with Crippen LogP contribution in [0.15, 0.2) is 36.4 Å². The Morgan fingerprint density at radius 1 is 1.26 bits per heavy atom. The van der Waals surface area contributed by atoms with E-state index in [-0.39, 0.29) is 5.56 Å². The Labute approximate surface area is 115 Å². The molecular formula is C14H12ClNO3. The summed E-state index contributed by atoms with van der Waals surface area (Å²) in [6.45, 7) is 0. The van der Waals surface area contributed by atoms with Gasteiger partial charge in [0.25, 0.3) is 0 Å². The summed E-state index contributed by atoms with van der Waals surface area (Å²) in [5, 5.41) is 9.59. The number of aromatic carboxylic acids is 1. The van der Waals surface area contributed by atoms with Gasteiger partial charge in [0.1, 0.15) is 5.75 Å². The van der Waals surface area contributed by atoms with E-state index >= 15 is 0 Å². The average Bonchev–Trinajstić information content (AvgIpc) is 2.37. The lowest BCUT2D eigenvalue weighted by molar-refractivity contribution is 0.0697. The second-order valence-electron chi connectivity index (χ2n) is 3.99. The molecule has 0 aliphatic carbocycles. The second kappa shape index (κ2) is 5.20. The van der Waals surface area contributed by atoms with Crippen molar-refractivity contribution in [3.63, 3.8) is 0 Å². The first-order valence-corrected chi connectivity index (χ1v) is 5.87. The normalized spacial score (nSPS) is 10.2. The molecule has 0 bridgehead atoms. The van der Waals surface area contributed by atoms with Crippen LogP contribution in [-0.4, -0.2) is 18.2 Å². The van der Waals surface area contributed by atoms with Crippen molar-refractivity contribution < 1.29 is 14.6 Å². The van der Waals surface area contributed by atoms with Gasteiger partial charge in [-0.25, -0.2) is 4.79 Å². The molecule has 0 fully saturated rings. The minimum atomic E-state index is -1.03. The van der Waals surface area contributed by atoms with Crippen molar-refractivity contribution in [1.29, 1.82) is 0 Å². The fourth-order valence-corrected chi connectivity index (χ4v) is 2.01. The highest BCUT2D eigenvalue weighted by Gasteiger charge is 2.11. The fraction of sp³-hybridized carbons (Fsp3) is 0.0714. The van der Waals surface area contributed by atoms with Crippen molar-refractivity contribution in [2.45, 2.75) is 0 Å². The Morgan fingerprint density at radius 2 is 2.00 bits per heavy atom. The van der Waals surface area contributed by atoms with Gasteiger partial charge in [-0.3, -0.25) is 0 Å². The quantitative estimate of drug-likeness (QED) is 0.845. The number of rotatable bonds is 3. The number of carboxylic acid groups (broad SMARTS) is 1.